The Morgan fingerprint density at radius 2 is 1.15 bits per heavy atom. The van der Waals surface area contributed by atoms with Gasteiger partial charge >= 0.3 is 7.82 Å². The third-order valence-electron chi connectivity index (χ3n) is 8.51. The third kappa shape index (κ3) is 31.8. The number of hydrogen-bond donors (Lipinski definition) is 3. The number of likely N-dealkylation sites (N-methyl/N-ethyl adjacent to an activating group) is 1. The van der Waals surface area contributed by atoms with E-state index in [1.54, 1.807) is 6.08 Å². The molecule has 0 radical (unpaired) electrons. The zero-order chi connectivity index (χ0) is 34.4. The van der Waals surface area contributed by atoms with Gasteiger partial charge in [0.15, 0.2) is 0 Å². The second kappa shape index (κ2) is 30.3. The number of carbonyl (C=O) groups is 1. The lowest BCUT2D eigenvalue weighted by molar-refractivity contribution is -0.870. The molecule has 3 atom stereocenters. The molecule has 0 aliphatic rings. The first-order valence-electron chi connectivity index (χ1n) is 19.1. The lowest BCUT2D eigenvalue weighted by atomic mass is 10.0. The van der Waals surface area contributed by atoms with Crippen molar-refractivity contribution in [3.8, 4) is 0 Å². The van der Waals surface area contributed by atoms with Crippen LogP contribution in [0.25, 0.3) is 0 Å². The van der Waals surface area contributed by atoms with Gasteiger partial charge in [-0.05, 0) is 19.3 Å². The van der Waals surface area contributed by atoms with Gasteiger partial charge in [0.25, 0.3) is 0 Å². The maximum atomic E-state index is 12.7. The molecule has 1 amide bonds. The molecule has 3 unspecified atom stereocenters. The van der Waals surface area contributed by atoms with E-state index >= 15 is 0 Å². The molecule has 274 valence electrons. The number of aliphatic hydroxyl groups is 1. The molecule has 9 heteroatoms. The van der Waals surface area contributed by atoms with E-state index in [2.05, 4.69) is 19.2 Å². The lowest BCUT2D eigenvalue weighted by Gasteiger charge is -2.25. The van der Waals surface area contributed by atoms with Crippen LogP contribution in [0.4, 0.5) is 0 Å². The summed E-state index contributed by atoms with van der Waals surface area (Å²) in [5, 5.41) is 13.7. The van der Waals surface area contributed by atoms with Gasteiger partial charge < -0.3 is 19.8 Å². The quantitative estimate of drug-likeness (QED) is 0.0272. The van der Waals surface area contributed by atoms with Crippen LogP contribution in [0.15, 0.2) is 12.2 Å². The SMILES string of the molecule is CCCCCCCCCCCCCCCC/C=C/C(O)C(COP(=O)(O)OCC[N+](C)(C)C)NC(=O)CCCCCCCCCC. The average Bonchev–Trinajstić information content (AvgIpc) is 2.99. The molecule has 0 heterocycles. The number of hydrogen-bond acceptors (Lipinski definition) is 5. The number of nitrogens with one attached hydrogen (secondary N) is 1. The second-order valence-electron chi connectivity index (χ2n) is 14.3. The highest BCUT2D eigenvalue weighted by molar-refractivity contribution is 7.47. The minimum absolute atomic E-state index is 0.0639. The van der Waals surface area contributed by atoms with Crippen molar-refractivity contribution in [2.24, 2.45) is 0 Å². The van der Waals surface area contributed by atoms with E-state index in [-0.39, 0.29) is 19.1 Å². The molecule has 0 aliphatic heterocycles. The Morgan fingerprint density at radius 1 is 0.717 bits per heavy atom. The van der Waals surface area contributed by atoms with Crippen LogP contribution in [0.3, 0.4) is 0 Å². The monoisotopic (exact) mass is 676 g/mol. The topological polar surface area (TPSA) is 105 Å². The van der Waals surface area contributed by atoms with E-state index in [4.69, 9.17) is 9.05 Å². The predicted octanol–water partition coefficient (Wildman–Crippen LogP) is 9.63. The normalized spacial score (nSPS) is 14.8. The summed E-state index contributed by atoms with van der Waals surface area (Å²) in [7, 11) is 1.57. The van der Waals surface area contributed by atoms with Crippen molar-refractivity contribution in [2.75, 3.05) is 40.9 Å². The van der Waals surface area contributed by atoms with Crippen molar-refractivity contribution in [1.82, 2.24) is 5.32 Å². The fourth-order valence-corrected chi connectivity index (χ4v) is 6.13. The van der Waals surface area contributed by atoms with Crippen molar-refractivity contribution in [2.45, 2.75) is 180 Å². The molecule has 0 saturated carbocycles. The smallest absolute Gasteiger partial charge is 0.387 e. The number of quaternary nitrogens is 1. The van der Waals surface area contributed by atoms with E-state index < -0.39 is 20.0 Å². The standard InChI is InChI=1S/C37H75N2O6P/c1-6-8-10-12-14-16-17-18-19-20-21-22-23-24-26-28-30-36(40)35(34-45-46(42,43)44-33-32-39(3,4)5)38-37(41)31-29-27-25-15-13-11-9-7-2/h28,30,35-36,40H,6-27,29,31-34H2,1-5H3,(H-,38,41,42,43)/p+1/b30-28+. The molecule has 0 bridgehead atoms. The Labute approximate surface area is 284 Å². The molecule has 0 spiro atoms. The molecule has 3 N–H and O–H groups in total. The first-order valence-corrected chi connectivity index (χ1v) is 20.6. The minimum Gasteiger partial charge on any atom is -0.387 e. The van der Waals surface area contributed by atoms with E-state index in [1.807, 2.05) is 27.2 Å². The Morgan fingerprint density at radius 3 is 1.61 bits per heavy atom. The van der Waals surface area contributed by atoms with Crippen LogP contribution in [0, 0.1) is 0 Å². The van der Waals surface area contributed by atoms with Gasteiger partial charge in [-0.3, -0.25) is 13.8 Å². The molecule has 0 rings (SSSR count). The van der Waals surface area contributed by atoms with Crippen molar-refractivity contribution in [3.63, 3.8) is 0 Å². The molecular weight excluding hydrogens is 599 g/mol. The summed E-state index contributed by atoms with van der Waals surface area (Å²) >= 11 is 0. The van der Waals surface area contributed by atoms with Gasteiger partial charge in [0.1, 0.15) is 13.2 Å². The highest BCUT2D eigenvalue weighted by Gasteiger charge is 2.27. The molecule has 0 fully saturated rings. The maximum Gasteiger partial charge on any atom is 0.472 e. The molecule has 0 aromatic carbocycles. The van der Waals surface area contributed by atoms with E-state index in [0.29, 0.717) is 17.4 Å². The van der Waals surface area contributed by atoms with Gasteiger partial charge in [-0.15, -0.1) is 0 Å². The second-order valence-corrected chi connectivity index (χ2v) is 15.8. The summed E-state index contributed by atoms with van der Waals surface area (Å²) in [5.74, 6) is -0.183. The molecular formula is C37H76N2O6P+. The van der Waals surface area contributed by atoms with Crippen LogP contribution in [0.5, 0.6) is 0 Å². The van der Waals surface area contributed by atoms with Crippen molar-refractivity contribution < 1.29 is 32.9 Å². The third-order valence-corrected chi connectivity index (χ3v) is 9.49. The van der Waals surface area contributed by atoms with Crippen LogP contribution >= 0.6 is 7.82 Å². The molecule has 0 aromatic heterocycles. The number of allylic oxidation sites excluding steroid dienone is 1. The number of carbonyl (C=O) groups excluding carboxylic acids is 1. The van der Waals surface area contributed by atoms with E-state index in [1.165, 1.54) is 109 Å². The fourth-order valence-electron chi connectivity index (χ4n) is 5.39. The Bertz CT molecular complexity index is 773. The zero-order valence-corrected chi connectivity index (χ0v) is 31.7. The summed E-state index contributed by atoms with van der Waals surface area (Å²) in [5.41, 5.74) is 0. The summed E-state index contributed by atoms with van der Waals surface area (Å²) in [4.78, 5) is 22.9. The first-order chi connectivity index (χ1) is 22.0. The number of rotatable bonds is 34. The molecule has 0 saturated heterocycles. The largest absolute Gasteiger partial charge is 0.472 e. The number of unbranched alkanes of at least 4 members (excludes halogenated alkanes) is 21. The Kier molecular flexibility index (Phi) is 29.8. The van der Waals surface area contributed by atoms with Crippen LogP contribution in [0.1, 0.15) is 168 Å². The van der Waals surface area contributed by atoms with Crippen molar-refractivity contribution in [3.05, 3.63) is 12.2 Å². The highest BCUT2D eigenvalue weighted by atomic mass is 31.2. The molecule has 8 nitrogen and oxygen atoms in total. The average molecular weight is 676 g/mol. The van der Waals surface area contributed by atoms with Crippen LogP contribution in [0.2, 0.25) is 0 Å². The Balaban J connectivity index is 4.47. The summed E-state index contributed by atoms with van der Waals surface area (Å²) in [6.07, 6.45) is 31.4. The molecule has 46 heavy (non-hydrogen) atoms. The molecule has 0 aliphatic carbocycles. The van der Waals surface area contributed by atoms with Crippen LogP contribution in [-0.4, -0.2) is 73.4 Å². The number of nitrogens with zero attached hydrogens (tertiary/aromatic N) is 1. The van der Waals surface area contributed by atoms with Crippen LogP contribution in [-0.2, 0) is 18.4 Å². The summed E-state index contributed by atoms with van der Waals surface area (Å²) in [6, 6.07) is -0.836. The number of amides is 1. The minimum atomic E-state index is -4.32. The van der Waals surface area contributed by atoms with Crippen molar-refractivity contribution in [1.29, 1.82) is 0 Å². The van der Waals surface area contributed by atoms with Crippen LogP contribution < -0.4 is 5.32 Å². The number of phosphoric ester groups is 1. The fraction of sp³-hybridized carbons (Fsp3) is 0.919. The van der Waals surface area contributed by atoms with Gasteiger partial charge in [0, 0.05) is 6.42 Å². The van der Waals surface area contributed by atoms with Gasteiger partial charge in [-0.1, -0.05) is 154 Å². The maximum absolute atomic E-state index is 12.7. The number of aliphatic hydroxyl groups excluding tert-OH is 1. The Hall–Kier alpha value is -0.760. The van der Waals surface area contributed by atoms with Gasteiger partial charge in [-0.25, -0.2) is 4.57 Å². The van der Waals surface area contributed by atoms with Gasteiger partial charge in [0.2, 0.25) is 5.91 Å². The van der Waals surface area contributed by atoms with E-state index in [9.17, 15) is 19.4 Å². The highest BCUT2D eigenvalue weighted by Crippen LogP contribution is 2.43. The summed E-state index contributed by atoms with van der Waals surface area (Å²) in [6.45, 7) is 4.77. The first kappa shape index (κ1) is 45.2. The van der Waals surface area contributed by atoms with E-state index in [0.717, 1.165) is 38.5 Å². The van der Waals surface area contributed by atoms with Gasteiger partial charge in [0.05, 0.1) is 39.9 Å². The molecule has 0 aromatic rings. The van der Waals surface area contributed by atoms with Crippen molar-refractivity contribution >= 4 is 13.7 Å². The lowest BCUT2D eigenvalue weighted by Crippen LogP contribution is -2.45. The predicted molar refractivity (Wildman–Crippen MR) is 194 cm³/mol. The van der Waals surface area contributed by atoms with Gasteiger partial charge in [-0.2, -0.15) is 0 Å². The summed E-state index contributed by atoms with van der Waals surface area (Å²) < 4.78 is 23.4. The zero-order valence-electron chi connectivity index (χ0n) is 30.8. The number of phosphoric acid groups is 1.